The van der Waals surface area contributed by atoms with E-state index in [0.717, 1.165) is 12.8 Å². The Kier molecular flexibility index (Phi) is 10.6. The van der Waals surface area contributed by atoms with Gasteiger partial charge in [-0.25, -0.2) is 4.79 Å². The van der Waals surface area contributed by atoms with E-state index in [1.54, 1.807) is 24.3 Å². The minimum Gasteiger partial charge on any atom is -0.507 e. The average Bonchev–Trinajstić information content (AvgIpc) is 2.80. The Morgan fingerprint density at radius 3 is 1.89 bits per heavy atom. The SMILES string of the molecule is CCCc1c(OCCCOc2c(C(C)=O)ccc(OCC(=O)O)c2CCC)ccc(C(C)=O)c1O. The van der Waals surface area contributed by atoms with Gasteiger partial charge in [0.15, 0.2) is 18.2 Å². The van der Waals surface area contributed by atoms with Gasteiger partial charge in [-0.05, 0) is 51.0 Å². The summed E-state index contributed by atoms with van der Waals surface area (Å²) < 4.78 is 17.3. The number of aromatic hydroxyl groups is 1. The van der Waals surface area contributed by atoms with Crippen LogP contribution in [0.3, 0.4) is 0 Å². The van der Waals surface area contributed by atoms with E-state index in [1.807, 2.05) is 13.8 Å². The molecule has 0 saturated heterocycles. The quantitative estimate of drug-likeness (QED) is 0.266. The van der Waals surface area contributed by atoms with E-state index in [9.17, 15) is 19.5 Å². The van der Waals surface area contributed by atoms with E-state index in [4.69, 9.17) is 19.3 Å². The van der Waals surface area contributed by atoms with Gasteiger partial charge in [-0.3, -0.25) is 9.59 Å². The third-order valence-electron chi connectivity index (χ3n) is 5.36. The van der Waals surface area contributed by atoms with Crippen LogP contribution in [-0.2, 0) is 17.6 Å². The van der Waals surface area contributed by atoms with Crippen LogP contribution in [-0.4, -0.2) is 47.6 Å². The third kappa shape index (κ3) is 7.47. The Morgan fingerprint density at radius 1 is 0.771 bits per heavy atom. The molecule has 0 heterocycles. The van der Waals surface area contributed by atoms with Gasteiger partial charge >= 0.3 is 5.97 Å². The van der Waals surface area contributed by atoms with Crippen molar-refractivity contribution in [2.45, 2.75) is 59.8 Å². The number of phenolic OH excluding ortho intramolecular Hbond substituents is 1. The molecule has 0 unspecified atom stereocenters. The fraction of sp³-hybridized carbons (Fsp3) is 0.444. The minimum absolute atomic E-state index is 0.0402. The first-order valence-electron chi connectivity index (χ1n) is 11.8. The van der Waals surface area contributed by atoms with Crippen LogP contribution in [0.4, 0.5) is 0 Å². The van der Waals surface area contributed by atoms with Crippen molar-refractivity contribution < 1.29 is 38.8 Å². The molecule has 0 fully saturated rings. The Labute approximate surface area is 205 Å². The standard InChI is InChI=1S/C27H34O8/c1-5-8-21-23(12-10-19(17(3)28)26(21)32)33-14-7-15-34-27-20(18(4)29)11-13-24(22(27)9-6-2)35-16-25(30)31/h10-13,32H,5-9,14-16H2,1-4H3,(H,30,31). The lowest BCUT2D eigenvalue weighted by Gasteiger charge is -2.18. The van der Waals surface area contributed by atoms with E-state index in [-0.39, 0.29) is 29.5 Å². The largest absolute Gasteiger partial charge is 0.507 e. The van der Waals surface area contributed by atoms with Crippen LogP contribution < -0.4 is 14.2 Å². The number of ketones is 2. The minimum atomic E-state index is -1.09. The Bertz CT molecular complexity index is 1060. The number of carbonyl (C=O) groups is 3. The second kappa shape index (κ2) is 13.4. The number of Topliss-reactive ketones (excluding diaryl/α,β-unsaturated/α-hetero) is 2. The summed E-state index contributed by atoms with van der Waals surface area (Å²) >= 11 is 0. The smallest absolute Gasteiger partial charge is 0.341 e. The molecular formula is C27H34O8. The molecule has 0 radical (unpaired) electrons. The van der Waals surface area contributed by atoms with Crippen molar-refractivity contribution in [3.63, 3.8) is 0 Å². The molecule has 2 aromatic carbocycles. The van der Waals surface area contributed by atoms with E-state index in [0.29, 0.717) is 59.8 Å². The molecule has 0 bridgehead atoms. The van der Waals surface area contributed by atoms with Crippen molar-refractivity contribution in [1.82, 2.24) is 0 Å². The zero-order chi connectivity index (χ0) is 26.0. The van der Waals surface area contributed by atoms with Gasteiger partial charge in [0.2, 0.25) is 0 Å². The fourth-order valence-corrected chi connectivity index (χ4v) is 3.76. The Hall–Kier alpha value is -3.55. The first-order chi connectivity index (χ1) is 16.7. The number of aliphatic carboxylic acids is 1. The van der Waals surface area contributed by atoms with Gasteiger partial charge in [0.05, 0.1) is 24.3 Å². The maximum Gasteiger partial charge on any atom is 0.341 e. The van der Waals surface area contributed by atoms with Crippen LogP contribution in [0, 0.1) is 0 Å². The van der Waals surface area contributed by atoms with Crippen molar-refractivity contribution >= 4 is 17.5 Å². The van der Waals surface area contributed by atoms with E-state index in [1.165, 1.54) is 13.8 Å². The number of benzene rings is 2. The highest BCUT2D eigenvalue weighted by Crippen LogP contribution is 2.35. The monoisotopic (exact) mass is 486 g/mol. The van der Waals surface area contributed by atoms with Gasteiger partial charge in [-0.1, -0.05) is 26.7 Å². The number of hydrogen-bond acceptors (Lipinski definition) is 7. The van der Waals surface area contributed by atoms with E-state index in [2.05, 4.69) is 0 Å². The predicted molar refractivity (Wildman–Crippen MR) is 131 cm³/mol. The molecule has 0 spiro atoms. The van der Waals surface area contributed by atoms with E-state index < -0.39 is 12.6 Å². The molecule has 0 aliphatic carbocycles. The molecule has 2 rings (SSSR count). The lowest BCUT2D eigenvalue weighted by molar-refractivity contribution is -0.139. The number of carboxylic acid groups (broad SMARTS) is 1. The predicted octanol–water partition coefficient (Wildman–Crippen LogP) is 5.01. The molecule has 0 aliphatic rings. The van der Waals surface area contributed by atoms with Gasteiger partial charge in [0.1, 0.15) is 23.0 Å². The van der Waals surface area contributed by atoms with Gasteiger partial charge in [-0.15, -0.1) is 0 Å². The van der Waals surface area contributed by atoms with Crippen LogP contribution in [0.25, 0.3) is 0 Å². The molecule has 0 atom stereocenters. The summed E-state index contributed by atoms with van der Waals surface area (Å²) in [7, 11) is 0. The topological polar surface area (TPSA) is 119 Å². The van der Waals surface area contributed by atoms with Crippen LogP contribution in [0.15, 0.2) is 24.3 Å². The zero-order valence-corrected chi connectivity index (χ0v) is 20.8. The zero-order valence-electron chi connectivity index (χ0n) is 20.8. The molecule has 0 aliphatic heterocycles. The molecule has 8 heteroatoms. The highest BCUT2D eigenvalue weighted by atomic mass is 16.5. The van der Waals surface area contributed by atoms with Crippen molar-refractivity contribution in [2.75, 3.05) is 19.8 Å². The number of carbonyl (C=O) groups excluding carboxylic acids is 2. The van der Waals surface area contributed by atoms with Crippen molar-refractivity contribution in [1.29, 1.82) is 0 Å². The highest BCUT2D eigenvalue weighted by Gasteiger charge is 2.19. The second-order valence-electron chi connectivity index (χ2n) is 8.20. The molecule has 2 N–H and O–H groups in total. The number of hydrogen-bond donors (Lipinski definition) is 2. The lowest BCUT2D eigenvalue weighted by atomic mass is 10.0. The van der Waals surface area contributed by atoms with E-state index >= 15 is 0 Å². The molecule has 0 aromatic heterocycles. The Morgan fingerprint density at radius 2 is 1.31 bits per heavy atom. The van der Waals surface area contributed by atoms with Crippen LogP contribution in [0.1, 0.15) is 78.8 Å². The summed E-state index contributed by atoms with van der Waals surface area (Å²) in [5.74, 6) is -0.195. The molecular weight excluding hydrogens is 452 g/mol. The summed E-state index contributed by atoms with van der Waals surface area (Å²) in [5, 5.41) is 19.4. The lowest BCUT2D eigenvalue weighted by Crippen LogP contribution is -2.13. The number of rotatable bonds is 15. The number of ether oxygens (including phenoxy) is 3. The molecule has 0 amide bonds. The summed E-state index contributed by atoms with van der Waals surface area (Å²) in [6.07, 6.45) is 3.16. The number of phenols is 1. The number of carboxylic acids is 1. The maximum absolute atomic E-state index is 12.2. The normalized spacial score (nSPS) is 10.6. The first kappa shape index (κ1) is 27.7. The molecule has 190 valence electrons. The average molecular weight is 487 g/mol. The first-order valence-corrected chi connectivity index (χ1v) is 11.8. The van der Waals surface area contributed by atoms with Gasteiger partial charge in [-0.2, -0.15) is 0 Å². The summed E-state index contributed by atoms with van der Waals surface area (Å²) in [4.78, 5) is 34.9. The van der Waals surface area contributed by atoms with Crippen LogP contribution in [0.5, 0.6) is 23.0 Å². The van der Waals surface area contributed by atoms with Crippen molar-refractivity contribution in [2.24, 2.45) is 0 Å². The van der Waals surface area contributed by atoms with Crippen LogP contribution >= 0.6 is 0 Å². The maximum atomic E-state index is 12.2. The second-order valence-corrected chi connectivity index (χ2v) is 8.20. The summed E-state index contributed by atoms with van der Waals surface area (Å²) in [6, 6.07) is 6.44. The highest BCUT2D eigenvalue weighted by molar-refractivity contribution is 5.98. The fourth-order valence-electron chi connectivity index (χ4n) is 3.76. The Balaban J connectivity index is 2.13. The van der Waals surface area contributed by atoms with Gasteiger partial charge in [0, 0.05) is 17.5 Å². The van der Waals surface area contributed by atoms with Gasteiger partial charge in [0.25, 0.3) is 0 Å². The van der Waals surface area contributed by atoms with Crippen LogP contribution in [0.2, 0.25) is 0 Å². The van der Waals surface area contributed by atoms with Crippen molar-refractivity contribution in [3.05, 3.63) is 46.5 Å². The molecule has 2 aromatic rings. The summed E-state index contributed by atoms with van der Waals surface area (Å²) in [5.41, 5.74) is 1.95. The van der Waals surface area contributed by atoms with Crippen molar-refractivity contribution in [3.8, 4) is 23.0 Å². The molecule has 35 heavy (non-hydrogen) atoms. The molecule has 0 saturated carbocycles. The summed E-state index contributed by atoms with van der Waals surface area (Å²) in [6.45, 7) is 6.87. The third-order valence-corrected chi connectivity index (χ3v) is 5.36. The van der Waals surface area contributed by atoms with Gasteiger partial charge < -0.3 is 24.4 Å². The molecule has 8 nitrogen and oxygen atoms in total.